The van der Waals surface area contributed by atoms with Crippen LogP contribution in [0.3, 0.4) is 0 Å². The molecule has 272 valence electrons. The number of nitrogens with one attached hydrogen (secondary N) is 1. The Labute approximate surface area is 306 Å². The zero-order chi connectivity index (χ0) is 37.9. The van der Waals surface area contributed by atoms with E-state index in [1.165, 1.54) is 38.4 Å². The maximum absolute atomic E-state index is 14.4. The van der Waals surface area contributed by atoms with E-state index < -0.39 is 35.5 Å². The van der Waals surface area contributed by atoms with Gasteiger partial charge in [-0.1, -0.05) is 111 Å². The quantitative estimate of drug-likeness (QED) is 0.0790. The molecule has 0 bridgehead atoms. The monoisotopic (exact) mass is 753 g/mol. The molecule has 0 saturated carbocycles. The Hall–Kier alpha value is -4.25. The second-order valence-electron chi connectivity index (χ2n) is 11.3. The smallest absolute Gasteiger partial charge is 0.416 e. The maximum atomic E-state index is 14.4. The fourth-order valence-electron chi connectivity index (χ4n) is 5.14. The SMILES string of the molecule is C=C/C(Br)=C\C(OCC(=C)CC(=C)/C=C\C)=C(/CC)C(Nc1ccccc1)C(N)(CCC(O)c1ccc(F)cc1)C(=O)N(C)C(=O)OC.CC. The summed E-state index contributed by atoms with van der Waals surface area (Å²) in [5.41, 5.74) is 8.68. The van der Waals surface area contributed by atoms with Crippen LogP contribution >= 0.6 is 15.9 Å². The number of amides is 2. The van der Waals surface area contributed by atoms with Crippen LogP contribution in [0.2, 0.25) is 0 Å². The summed E-state index contributed by atoms with van der Waals surface area (Å²) in [6.45, 7) is 20.0. The Morgan fingerprint density at radius 3 is 2.30 bits per heavy atom. The fraction of sp³-hybridized carbons (Fsp3) is 0.350. The largest absolute Gasteiger partial charge is 0.489 e. The molecule has 0 aliphatic heterocycles. The van der Waals surface area contributed by atoms with Crippen LogP contribution < -0.4 is 11.1 Å². The molecule has 50 heavy (non-hydrogen) atoms. The third kappa shape index (κ3) is 13.2. The first-order chi connectivity index (χ1) is 23.8. The van der Waals surface area contributed by atoms with Gasteiger partial charge in [0.1, 0.15) is 23.7 Å². The number of likely N-dealkylation sites (N-methyl/N-ethyl adjacent to an activating group) is 1. The molecule has 10 heteroatoms. The van der Waals surface area contributed by atoms with E-state index in [1.807, 2.05) is 70.2 Å². The Morgan fingerprint density at radius 1 is 1.14 bits per heavy atom. The van der Waals surface area contributed by atoms with E-state index >= 15 is 0 Å². The van der Waals surface area contributed by atoms with E-state index in [0.29, 0.717) is 39.9 Å². The van der Waals surface area contributed by atoms with Gasteiger partial charge in [-0.2, -0.15) is 0 Å². The Bertz CT molecular complexity index is 1520. The highest BCUT2D eigenvalue weighted by molar-refractivity contribution is 9.11. The molecule has 0 fully saturated rings. The zero-order valence-corrected chi connectivity index (χ0v) is 31.8. The number of hydrogen-bond donors (Lipinski definition) is 3. The molecule has 0 heterocycles. The molecule has 0 aliphatic carbocycles. The molecule has 0 saturated heterocycles. The van der Waals surface area contributed by atoms with Crippen LogP contribution in [0.1, 0.15) is 65.0 Å². The number of rotatable bonds is 18. The van der Waals surface area contributed by atoms with E-state index in [1.54, 1.807) is 12.2 Å². The lowest BCUT2D eigenvalue weighted by atomic mass is 9.78. The number of benzene rings is 2. The van der Waals surface area contributed by atoms with Crippen LogP contribution in [0, 0.1) is 5.82 Å². The molecule has 0 radical (unpaired) electrons. The number of aliphatic hydroxyl groups is 1. The highest BCUT2D eigenvalue weighted by Gasteiger charge is 2.47. The molecule has 2 aromatic rings. The van der Waals surface area contributed by atoms with Crippen molar-refractivity contribution in [2.75, 3.05) is 26.1 Å². The van der Waals surface area contributed by atoms with Gasteiger partial charge in [0.05, 0.1) is 19.3 Å². The average Bonchev–Trinajstić information content (AvgIpc) is 3.12. The minimum atomic E-state index is -1.86. The van der Waals surface area contributed by atoms with Crippen molar-refractivity contribution in [3.8, 4) is 0 Å². The molecule has 2 rings (SSSR count). The first-order valence-electron chi connectivity index (χ1n) is 16.5. The van der Waals surface area contributed by atoms with Crippen molar-refractivity contribution < 1.29 is 28.6 Å². The average molecular weight is 755 g/mol. The molecule has 0 spiro atoms. The van der Waals surface area contributed by atoms with Gasteiger partial charge >= 0.3 is 6.09 Å². The van der Waals surface area contributed by atoms with Crippen LogP contribution in [0.15, 0.2) is 126 Å². The summed E-state index contributed by atoms with van der Waals surface area (Å²) in [6, 6.07) is 13.6. The van der Waals surface area contributed by atoms with Gasteiger partial charge in [0.2, 0.25) is 0 Å². The summed E-state index contributed by atoms with van der Waals surface area (Å²) in [5.74, 6) is -0.796. The number of ether oxygens (including phenoxy) is 2. The summed E-state index contributed by atoms with van der Waals surface area (Å²) in [7, 11) is 2.45. The Kier molecular flexibility index (Phi) is 19.7. The molecule has 0 aliphatic rings. The number of allylic oxidation sites excluding steroid dienone is 6. The minimum Gasteiger partial charge on any atom is -0.489 e. The molecule has 3 unspecified atom stereocenters. The van der Waals surface area contributed by atoms with Crippen molar-refractivity contribution in [1.29, 1.82) is 0 Å². The number of imide groups is 1. The lowest BCUT2D eigenvalue weighted by Crippen LogP contribution is -2.65. The Balaban J connectivity index is 0.00000613. The van der Waals surface area contributed by atoms with Crippen molar-refractivity contribution in [1.82, 2.24) is 4.90 Å². The minimum absolute atomic E-state index is 0.000898. The topological polar surface area (TPSA) is 114 Å². The third-order valence-electron chi connectivity index (χ3n) is 7.66. The number of aliphatic hydroxyl groups excluding tert-OH is 1. The number of para-hydroxylation sites is 1. The summed E-state index contributed by atoms with van der Waals surface area (Å²) >= 11 is 3.51. The number of methoxy groups -OCH3 is 1. The number of nitrogens with zero attached hydrogens (tertiary/aromatic N) is 1. The second kappa shape index (κ2) is 22.5. The van der Waals surface area contributed by atoms with Crippen molar-refractivity contribution >= 4 is 33.6 Å². The van der Waals surface area contributed by atoms with Crippen LogP contribution in [0.5, 0.6) is 0 Å². The van der Waals surface area contributed by atoms with Crippen LogP contribution in [-0.2, 0) is 14.3 Å². The molecule has 2 aromatic carbocycles. The molecule has 8 nitrogen and oxygen atoms in total. The van der Waals surface area contributed by atoms with Crippen molar-refractivity contribution in [2.45, 2.75) is 71.1 Å². The number of anilines is 1. The normalized spacial score (nSPS) is 14.2. The Morgan fingerprint density at radius 2 is 1.76 bits per heavy atom. The predicted molar refractivity (Wildman–Crippen MR) is 206 cm³/mol. The van der Waals surface area contributed by atoms with Crippen molar-refractivity contribution in [2.24, 2.45) is 5.73 Å². The third-order valence-corrected chi connectivity index (χ3v) is 8.21. The molecular formula is C40H53BrFN3O5. The lowest BCUT2D eigenvalue weighted by Gasteiger charge is -2.41. The first-order valence-corrected chi connectivity index (χ1v) is 17.3. The van der Waals surface area contributed by atoms with E-state index in [2.05, 4.69) is 41.0 Å². The second-order valence-corrected chi connectivity index (χ2v) is 12.2. The van der Waals surface area contributed by atoms with Gasteiger partial charge in [-0.25, -0.2) is 14.1 Å². The van der Waals surface area contributed by atoms with Gasteiger partial charge in [-0.05, 0) is 79.7 Å². The van der Waals surface area contributed by atoms with E-state index in [0.717, 1.165) is 16.0 Å². The number of nitrogens with two attached hydrogens (primary N) is 1. The van der Waals surface area contributed by atoms with Gasteiger partial charge in [-0.15, -0.1) is 0 Å². The molecule has 2 amide bonds. The van der Waals surface area contributed by atoms with Gasteiger partial charge in [-0.3, -0.25) is 4.79 Å². The van der Waals surface area contributed by atoms with Crippen molar-refractivity contribution in [3.05, 3.63) is 137 Å². The lowest BCUT2D eigenvalue weighted by molar-refractivity contribution is -0.134. The molecule has 0 aromatic heterocycles. The van der Waals surface area contributed by atoms with Gasteiger partial charge < -0.3 is 25.6 Å². The molecule has 4 N–H and O–H groups in total. The van der Waals surface area contributed by atoms with Gasteiger partial charge in [0.25, 0.3) is 5.91 Å². The van der Waals surface area contributed by atoms with Crippen LogP contribution in [0.25, 0.3) is 0 Å². The first kappa shape index (κ1) is 43.8. The predicted octanol–water partition coefficient (Wildman–Crippen LogP) is 9.29. The number of hydrogen-bond acceptors (Lipinski definition) is 7. The van der Waals surface area contributed by atoms with E-state index in [9.17, 15) is 19.1 Å². The summed E-state index contributed by atoms with van der Waals surface area (Å²) < 4.78 is 25.5. The standard InChI is InChI=1S/C38H47BrFN3O5.C2H6/c1-8-14-26(4)23-27(5)25-48-34(24-29(39)9-2)32(10-3)35(42-31-15-12-11-13-16-31)38(41,36(45)43(6)37(46)47-7)22-21-33(44)28-17-19-30(40)20-18-28;1-2/h8-9,11-20,24,33,35,42,44H,2,4-5,10,21-23,25,41H2,1,3,6-7H3;1-2H3/b14-8-,29-24+,34-32-;. The van der Waals surface area contributed by atoms with Crippen LogP contribution in [0.4, 0.5) is 14.9 Å². The summed E-state index contributed by atoms with van der Waals surface area (Å²) in [6.07, 6.45) is 5.92. The number of halogens is 2. The van der Waals surface area contributed by atoms with Gasteiger partial charge in [0.15, 0.2) is 0 Å². The fourth-order valence-corrected chi connectivity index (χ4v) is 5.35. The van der Waals surface area contributed by atoms with Gasteiger partial charge in [0, 0.05) is 17.2 Å². The highest BCUT2D eigenvalue weighted by Crippen LogP contribution is 2.34. The maximum Gasteiger partial charge on any atom is 0.416 e. The number of carbonyl (C=O) groups is 2. The van der Waals surface area contributed by atoms with E-state index in [-0.39, 0.29) is 19.4 Å². The van der Waals surface area contributed by atoms with Crippen LogP contribution in [-0.4, -0.2) is 54.4 Å². The summed E-state index contributed by atoms with van der Waals surface area (Å²) in [4.78, 5) is 27.9. The van der Waals surface area contributed by atoms with E-state index in [4.69, 9.17) is 15.2 Å². The van der Waals surface area contributed by atoms with Crippen molar-refractivity contribution in [3.63, 3.8) is 0 Å². The number of carbonyl (C=O) groups excluding carboxylic acids is 2. The highest BCUT2D eigenvalue weighted by atomic mass is 79.9. The molecular weight excluding hydrogens is 701 g/mol. The zero-order valence-electron chi connectivity index (χ0n) is 30.2. The molecule has 3 atom stereocenters. The summed E-state index contributed by atoms with van der Waals surface area (Å²) in [5, 5.41) is 14.6.